The number of nitrogens with one attached hydrogen (secondary N) is 1. The van der Waals surface area contributed by atoms with Gasteiger partial charge in [-0.05, 0) is 38.0 Å². The van der Waals surface area contributed by atoms with Crippen molar-refractivity contribution in [1.29, 1.82) is 0 Å². The molecule has 1 unspecified atom stereocenters. The smallest absolute Gasteiger partial charge is 0.0613 e. The van der Waals surface area contributed by atoms with Crippen LogP contribution in [0.3, 0.4) is 0 Å². The van der Waals surface area contributed by atoms with Crippen molar-refractivity contribution < 1.29 is 9.84 Å². The standard InChI is InChI=1S/C17H35NO2/c1-4-17(14-19,18-15(2)3)11-8-12-20-13-16-9-6-5-7-10-16/h15-16,18-19H,4-14H2,1-3H3. The summed E-state index contributed by atoms with van der Waals surface area (Å²) in [6.45, 7) is 8.41. The summed E-state index contributed by atoms with van der Waals surface area (Å²) < 4.78 is 5.85. The van der Waals surface area contributed by atoms with Crippen molar-refractivity contribution >= 4 is 0 Å². The number of aliphatic hydroxyl groups excluding tert-OH is 1. The predicted octanol–water partition coefficient (Wildman–Crippen LogP) is 3.50. The van der Waals surface area contributed by atoms with Crippen LogP contribution in [0, 0.1) is 5.92 Å². The molecule has 20 heavy (non-hydrogen) atoms. The first kappa shape index (κ1) is 17.9. The minimum absolute atomic E-state index is 0.123. The van der Waals surface area contributed by atoms with Crippen LogP contribution < -0.4 is 5.32 Å². The molecule has 1 saturated carbocycles. The maximum absolute atomic E-state index is 9.68. The zero-order valence-corrected chi connectivity index (χ0v) is 13.8. The molecule has 0 spiro atoms. The lowest BCUT2D eigenvalue weighted by atomic mass is 9.90. The van der Waals surface area contributed by atoms with Crippen LogP contribution in [0.2, 0.25) is 0 Å². The van der Waals surface area contributed by atoms with E-state index in [1.807, 2.05) is 0 Å². The van der Waals surface area contributed by atoms with Gasteiger partial charge in [0.05, 0.1) is 6.61 Å². The molecule has 0 saturated heterocycles. The normalized spacial score (nSPS) is 20.2. The summed E-state index contributed by atoms with van der Waals surface area (Å²) in [5.74, 6) is 0.798. The number of hydrogen-bond donors (Lipinski definition) is 2. The summed E-state index contributed by atoms with van der Waals surface area (Å²) in [5, 5.41) is 13.2. The Balaban J connectivity index is 2.16. The van der Waals surface area contributed by atoms with Crippen LogP contribution in [-0.2, 0) is 4.74 Å². The van der Waals surface area contributed by atoms with Gasteiger partial charge in [0, 0.05) is 24.8 Å². The predicted molar refractivity (Wildman–Crippen MR) is 85.0 cm³/mol. The molecule has 0 amide bonds. The quantitative estimate of drug-likeness (QED) is 0.604. The fraction of sp³-hybridized carbons (Fsp3) is 1.00. The molecule has 0 bridgehead atoms. The van der Waals surface area contributed by atoms with Crippen molar-refractivity contribution in [3.05, 3.63) is 0 Å². The first-order chi connectivity index (χ1) is 9.62. The summed E-state index contributed by atoms with van der Waals surface area (Å²) in [6, 6.07) is 0.408. The first-order valence-corrected chi connectivity index (χ1v) is 8.58. The van der Waals surface area contributed by atoms with Gasteiger partial charge in [-0.2, -0.15) is 0 Å². The Bertz CT molecular complexity index is 233. The lowest BCUT2D eigenvalue weighted by molar-refractivity contribution is 0.0697. The van der Waals surface area contributed by atoms with Gasteiger partial charge >= 0.3 is 0 Å². The highest BCUT2D eigenvalue weighted by Gasteiger charge is 2.27. The first-order valence-electron chi connectivity index (χ1n) is 8.58. The van der Waals surface area contributed by atoms with Gasteiger partial charge in [0.25, 0.3) is 0 Å². The second-order valence-corrected chi connectivity index (χ2v) is 6.77. The highest BCUT2D eigenvalue weighted by Crippen LogP contribution is 2.24. The molecule has 0 aliphatic heterocycles. The average molecular weight is 285 g/mol. The molecule has 1 rings (SSSR count). The molecule has 1 aliphatic rings. The van der Waals surface area contributed by atoms with Gasteiger partial charge in [-0.15, -0.1) is 0 Å². The third-order valence-electron chi connectivity index (χ3n) is 4.60. The van der Waals surface area contributed by atoms with E-state index in [0.29, 0.717) is 6.04 Å². The zero-order chi connectivity index (χ0) is 14.8. The van der Waals surface area contributed by atoms with Crippen LogP contribution in [0.15, 0.2) is 0 Å². The maximum atomic E-state index is 9.68. The number of ether oxygens (including phenoxy) is 1. The maximum Gasteiger partial charge on any atom is 0.0613 e. The molecule has 3 heteroatoms. The zero-order valence-electron chi connectivity index (χ0n) is 13.8. The fourth-order valence-electron chi connectivity index (χ4n) is 3.32. The number of rotatable bonds is 10. The summed E-state index contributed by atoms with van der Waals surface area (Å²) >= 11 is 0. The van der Waals surface area contributed by atoms with Crippen molar-refractivity contribution in [3.8, 4) is 0 Å². The Morgan fingerprint density at radius 2 is 1.95 bits per heavy atom. The van der Waals surface area contributed by atoms with Crippen molar-refractivity contribution in [2.75, 3.05) is 19.8 Å². The van der Waals surface area contributed by atoms with Crippen LogP contribution in [0.25, 0.3) is 0 Å². The van der Waals surface area contributed by atoms with Gasteiger partial charge in [-0.1, -0.05) is 40.0 Å². The number of aliphatic hydroxyl groups is 1. The molecule has 120 valence electrons. The lowest BCUT2D eigenvalue weighted by Gasteiger charge is -2.34. The Morgan fingerprint density at radius 3 is 2.50 bits per heavy atom. The molecular formula is C17H35NO2. The highest BCUT2D eigenvalue weighted by molar-refractivity contribution is 4.87. The highest BCUT2D eigenvalue weighted by atomic mass is 16.5. The van der Waals surface area contributed by atoms with Gasteiger partial charge < -0.3 is 15.2 Å². The molecule has 0 aromatic carbocycles. The van der Waals surface area contributed by atoms with Gasteiger partial charge in [-0.3, -0.25) is 0 Å². The van der Waals surface area contributed by atoms with E-state index in [0.717, 1.165) is 38.4 Å². The van der Waals surface area contributed by atoms with Crippen molar-refractivity contribution in [1.82, 2.24) is 5.32 Å². The SMILES string of the molecule is CCC(CO)(CCCOCC1CCCCC1)NC(C)C. The largest absolute Gasteiger partial charge is 0.394 e. The van der Waals surface area contributed by atoms with E-state index in [4.69, 9.17) is 4.74 Å². The third-order valence-corrected chi connectivity index (χ3v) is 4.60. The average Bonchev–Trinajstić information content (AvgIpc) is 2.46. The van der Waals surface area contributed by atoms with Crippen molar-refractivity contribution in [2.45, 2.75) is 83.7 Å². The second-order valence-electron chi connectivity index (χ2n) is 6.77. The topological polar surface area (TPSA) is 41.5 Å². The van der Waals surface area contributed by atoms with Crippen molar-refractivity contribution in [2.24, 2.45) is 5.92 Å². The molecule has 0 aromatic heterocycles. The minimum Gasteiger partial charge on any atom is -0.394 e. The Hall–Kier alpha value is -0.120. The molecule has 1 aliphatic carbocycles. The van der Waals surface area contributed by atoms with Crippen LogP contribution in [0.5, 0.6) is 0 Å². The molecule has 3 nitrogen and oxygen atoms in total. The van der Waals surface area contributed by atoms with Crippen LogP contribution in [0.1, 0.15) is 72.1 Å². The molecule has 1 fully saturated rings. The van der Waals surface area contributed by atoms with Gasteiger partial charge in [0.1, 0.15) is 0 Å². The fourth-order valence-corrected chi connectivity index (χ4v) is 3.32. The molecule has 2 N–H and O–H groups in total. The van der Waals surface area contributed by atoms with Crippen molar-refractivity contribution in [3.63, 3.8) is 0 Å². The van der Waals surface area contributed by atoms with E-state index in [-0.39, 0.29) is 12.1 Å². The molecular weight excluding hydrogens is 250 g/mol. The Morgan fingerprint density at radius 1 is 1.25 bits per heavy atom. The van der Waals surface area contributed by atoms with E-state index in [2.05, 4.69) is 26.1 Å². The van der Waals surface area contributed by atoms with Gasteiger partial charge in [0.15, 0.2) is 0 Å². The van der Waals surface area contributed by atoms with E-state index >= 15 is 0 Å². The van der Waals surface area contributed by atoms with Gasteiger partial charge in [0.2, 0.25) is 0 Å². The summed E-state index contributed by atoms with van der Waals surface area (Å²) in [5.41, 5.74) is -0.123. The summed E-state index contributed by atoms with van der Waals surface area (Å²) in [6.07, 6.45) is 9.86. The minimum atomic E-state index is -0.123. The van der Waals surface area contributed by atoms with E-state index in [9.17, 15) is 5.11 Å². The van der Waals surface area contributed by atoms with E-state index < -0.39 is 0 Å². The van der Waals surface area contributed by atoms with Crippen LogP contribution >= 0.6 is 0 Å². The lowest BCUT2D eigenvalue weighted by Crippen LogP contribution is -2.51. The Labute approximate surface area is 125 Å². The summed E-state index contributed by atoms with van der Waals surface area (Å²) in [7, 11) is 0. The monoisotopic (exact) mass is 285 g/mol. The van der Waals surface area contributed by atoms with Crippen LogP contribution in [0.4, 0.5) is 0 Å². The third kappa shape index (κ3) is 6.55. The molecule has 0 aromatic rings. The second kappa shape index (κ2) is 9.75. The molecule has 1 atom stereocenters. The van der Waals surface area contributed by atoms with Gasteiger partial charge in [-0.25, -0.2) is 0 Å². The number of hydrogen-bond acceptors (Lipinski definition) is 3. The molecule has 0 heterocycles. The van der Waals surface area contributed by atoms with E-state index in [1.54, 1.807) is 0 Å². The van der Waals surface area contributed by atoms with Crippen LogP contribution in [-0.4, -0.2) is 36.5 Å². The summed E-state index contributed by atoms with van der Waals surface area (Å²) in [4.78, 5) is 0. The van der Waals surface area contributed by atoms with E-state index in [1.165, 1.54) is 32.1 Å². The molecule has 0 radical (unpaired) electrons. The Kier molecular flexibility index (Phi) is 8.74.